The standard InChI is InChI=1S/C14H21BrN2O/c1-8(2)6-11-12(15)14(18)17-13(16-11)10-5-4-9(3)7-10/h8-10H,4-7H2,1-3H3,(H,16,17,18). The maximum atomic E-state index is 11.9. The van der Waals surface area contributed by atoms with Gasteiger partial charge in [-0.15, -0.1) is 0 Å². The molecule has 0 amide bonds. The summed E-state index contributed by atoms with van der Waals surface area (Å²) in [7, 11) is 0. The van der Waals surface area contributed by atoms with E-state index < -0.39 is 0 Å². The van der Waals surface area contributed by atoms with Crippen molar-refractivity contribution in [1.29, 1.82) is 0 Å². The molecule has 100 valence electrons. The molecule has 0 radical (unpaired) electrons. The van der Waals surface area contributed by atoms with Crippen LogP contribution in [0.2, 0.25) is 0 Å². The van der Waals surface area contributed by atoms with Crippen molar-refractivity contribution < 1.29 is 0 Å². The van der Waals surface area contributed by atoms with Crippen LogP contribution in [0.3, 0.4) is 0 Å². The minimum Gasteiger partial charge on any atom is -0.309 e. The van der Waals surface area contributed by atoms with Crippen molar-refractivity contribution in [1.82, 2.24) is 9.97 Å². The lowest BCUT2D eigenvalue weighted by molar-refractivity contribution is 0.575. The van der Waals surface area contributed by atoms with Crippen LogP contribution in [-0.2, 0) is 6.42 Å². The summed E-state index contributed by atoms with van der Waals surface area (Å²) >= 11 is 3.36. The first-order valence-corrected chi connectivity index (χ1v) is 7.55. The fraction of sp³-hybridized carbons (Fsp3) is 0.714. The van der Waals surface area contributed by atoms with Crippen LogP contribution in [0, 0.1) is 11.8 Å². The zero-order chi connectivity index (χ0) is 13.3. The van der Waals surface area contributed by atoms with E-state index in [9.17, 15) is 4.79 Å². The lowest BCUT2D eigenvalue weighted by atomic mass is 10.0. The van der Waals surface area contributed by atoms with E-state index in [1.807, 2.05) is 0 Å². The van der Waals surface area contributed by atoms with Gasteiger partial charge in [-0.05, 0) is 53.4 Å². The van der Waals surface area contributed by atoms with Crippen molar-refractivity contribution in [3.8, 4) is 0 Å². The molecular weight excluding hydrogens is 292 g/mol. The molecule has 4 heteroatoms. The van der Waals surface area contributed by atoms with Crippen LogP contribution in [0.15, 0.2) is 9.27 Å². The van der Waals surface area contributed by atoms with Gasteiger partial charge in [-0.2, -0.15) is 0 Å². The summed E-state index contributed by atoms with van der Waals surface area (Å²) in [5.41, 5.74) is 0.874. The second kappa shape index (κ2) is 5.55. The van der Waals surface area contributed by atoms with E-state index in [0.717, 1.165) is 36.7 Å². The first kappa shape index (κ1) is 13.8. The van der Waals surface area contributed by atoms with E-state index in [1.54, 1.807) is 0 Å². The lowest BCUT2D eigenvalue weighted by Gasteiger charge is -2.12. The van der Waals surface area contributed by atoms with Crippen molar-refractivity contribution in [3.05, 3.63) is 26.3 Å². The molecule has 2 rings (SSSR count). The second-order valence-corrected chi connectivity index (χ2v) is 6.72. The van der Waals surface area contributed by atoms with Crippen molar-refractivity contribution in [3.63, 3.8) is 0 Å². The van der Waals surface area contributed by atoms with Gasteiger partial charge in [0.15, 0.2) is 0 Å². The molecule has 1 N–H and O–H groups in total. The summed E-state index contributed by atoms with van der Waals surface area (Å²) in [6.07, 6.45) is 4.38. The number of hydrogen-bond donors (Lipinski definition) is 1. The third kappa shape index (κ3) is 3.02. The van der Waals surface area contributed by atoms with Gasteiger partial charge in [0.2, 0.25) is 0 Å². The summed E-state index contributed by atoms with van der Waals surface area (Å²) in [6.45, 7) is 6.56. The predicted molar refractivity (Wildman–Crippen MR) is 76.9 cm³/mol. The number of nitrogens with one attached hydrogen (secondary N) is 1. The van der Waals surface area contributed by atoms with Crippen LogP contribution < -0.4 is 5.56 Å². The van der Waals surface area contributed by atoms with Gasteiger partial charge in [-0.25, -0.2) is 4.98 Å². The van der Waals surface area contributed by atoms with E-state index >= 15 is 0 Å². The quantitative estimate of drug-likeness (QED) is 0.926. The van der Waals surface area contributed by atoms with Gasteiger partial charge >= 0.3 is 0 Å². The smallest absolute Gasteiger partial charge is 0.265 e. The highest BCUT2D eigenvalue weighted by Crippen LogP contribution is 2.36. The molecule has 2 atom stereocenters. The minimum atomic E-state index is -0.0322. The molecule has 1 heterocycles. The van der Waals surface area contributed by atoms with Crippen molar-refractivity contribution >= 4 is 15.9 Å². The summed E-state index contributed by atoms with van der Waals surface area (Å²) in [6, 6.07) is 0. The zero-order valence-corrected chi connectivity index (χ0v) is 12.9. The number of nitrogens with zero attached hydrogens (tertiary/aromatic N) is 1. The van der Waals surface area contributed by atoms with Crippen molar-refractivity contribution in [2.75, 3.05) is 0 Å². The van der Waals surface area contributed by atoms with Gasteiger partial charge in [-0.1, -0.05) is 20.8 Å². The molecule has 1 aliphatic rings. The normalized spacial score (nSPS) is 23.8. The van der Waals surface area contributed by atoms with E-state index in [1.165, 1.54) is 6.42 Å². The highest BCUT2D eigenvalue weighted by atomic mass is 79.9. The summed E-state index contributed by atoms with van der Waals surface area (Å²) in [4.78, 5) is 19.6. The summed E-state index contributed by atoms with van der Waals surface area (Å²) < 4.78 is 0.603. The monoisotopic (exact) mass is 312 g/mol. The maximum absolute atomic E-state index is 11.9. The van der Waals surface area contributed by atoms with Crippen molar-refractivity contribution in [2.45, 2.75) is 52.4 Å². The number of halogens is 1. The molecule has 0 saturated heterocycles. The average molecular weight is 313 g/mol. The van der Waals surface area contributed by atoms with Gasteiger partial charge in [0, 0.05) is 5.92 Å². The fourth-order valence-electron chi connectivity index (χ4n) is 2.70. The molecular formula is C14H21BrN2O. The zero-order valence-electron chi connectivity index (χ0n) is 11.3. The largest absolute Gasteiger partial charge is 0.309 e. The van der Waals surface area contributed by atoms with Gasteiger partial charge in [0.1, 0.15) is 10.3 Å². The van der Waals surface area contributed by atoms with E-state index in [-0.39, 0.29) is 5.56 Å². The van der Waals surface area contributed by atoms with E-state index in [4.69, 9.17) is 0 Å². The molecule has 3 nitrogen and oxygen atoms in total. The fourth-order valence-corrected chi connectivity index (χ4v) is 3.05. The number of H-pyrrole nitrogens is 1. The number of hydrogen-bond acceptors (Lipinski definition) is 2. The second-order valence-electron chi connectivity index (χ2n) is 5.92. The summed E-state index contributed by atoms with van der Waals surface area (Å²) in [5, 5.41) is 0. The Hall–Kier alpha value is -0.640. The molecule has 1 aromatic rings. The number of rotatable bonds is 3. The molecule has 1 aromatic heterocycles. The maximum Gasteiger partial charge on any atom is 0.265 e. The number of aromatic amines is 1. The topological polar surface area (TPSA) is 45.8 Å². The van der Waals surface area contributed by atoms with Gasteiger partial charge < -0.3 is 4.98 Å². The molecule has 0 aromatic carbocycles. The average Bonchev–Trinajstić information content (AvgIpc) is 2.70. The van der Waals surface area contributed by atoms with E-state index in [2.05, 4.69) is 46.7 Å². The minimum absolute atomic E-state index is 0.0322. The molecule has 1 aliphatic carbocycles. The van der Waals surface area contributed by atoms with Crippen LogP contribution in [0.1, 0.15) is 57.5 Å². The molecule has 2 unspecified atom stereocenters. The van der Waals surface area contributed by atoms with Crippen LogP contribution in [-0.4, -0.2) is 9.97 Å². The Morgan fingerprint density at radius 1 is 1.44 bits per heavy atom. The summed E-state index contributed by atoms with van der Waals surface area (Å²) in [5.74, 6) is 2.58. The third-order valence-corrected chi connectivity index (χ3v) is 4.45. The van der Waals surface area contributed by atoms with Crippen LogP contribution in [0.4, 0.5) is 0 Å². The Morgan fingerprint density at radius 3 is 2.72 bits per heavy atom. The third-order valence-electron chi connectivity index (χ3n) is 3.63. The van der Waals surface area contributed by atoms with Crippen LogP contribution in [0.25, 0.3) is 0 Å². The van der Waals surface area contributed by atoms with Gasteiger partial charge in [0.25, 0.3) is 5.56 Å². The van der Waals surface area contributed by atoms with Gasteiger partial charge in [0.05, 0.1) is 5.69 Å². The molecule has 18 heavy (non-hydrogen) atoms. The van der Waals surface area contributed by atoms with E-state index in [0.29, 0.717) is 16.3 Å². The Bertz CT molecular complexity index is 481. The van der Waals surface area contributed by atoms with Crippen LogP contribution in [0.5, 0.6) is 0 Å². The number of aromatic nitrogens is 2. The first-order chi connectivity index (χ1) is 8.47. The lowest BCUT2D eigenvalue weighted by Crippen LogP contribution is -2.18. The Balaban J connectivity index is 2.32. The SMILES string of the molecule is CC(C)Cc1nc(C2CCC(C)C2)[nH]c(=O)c1Br. The van der Waals surface area contributed by atoms with Crippen molar-refractivity contribution in [2.24, 2.45) is 11.8 Å². The molecule has 0 bridgehead atoms. The molecule has 1 saturated carbocycles. The molecule has 1 fully saturated rings. The molecule has 0 aliphatic heterocycles. The highest BCUT2D eigenvalue weighted by molar-refractivity contribution is 9.10. The first-order valence-electron chi connectivity index (χ1n) is 6.76. The predicted octanol–water partition coefficient (Wildman–Crippen LogP) is 3.63. The highest BCUT2D eigenvalue weighted by Gasteiger charge is 2.25. The van der Waals surface area contributed by atoms with Crippen LogP contribution >= 0.6 is 15.9 Å². The molecule has 0 spiro atoms. The Kier molecular flexibility index (Phi) is 4.25. The Labute approximate surface area is 117 Å². The van der Waals surface area contributed by atoms with Gasteiger partial charge in [-0.3, -0.25) is 4.79 Å². The Morgan fingerprint density at radius 2 is 2.17 bits per heavy atom.